The number of amides is 1. The van der Waals surface area contributed by atoms with Crippen molar-refractivity contribution < 1.29 is 28.7 Å². The maximum atomic E-state index is 12.7. The number of esters is 1. The lowest BCUT2D eigenvalue weighted by Crippen LogP contribution is -2.44. The van der Waals surface area contributed by atoms with Gasteiger partial charge in [0.15, 0.2) is 11.8 Å². The minimum absolute atomic E-state index is 0.0827. The molecule has 1 aliphatic heterocycles. The van der Waals surface area contributed by atoms with Gasteiger partial charge in [0.25, 0.3) is 0 Å². The summed E-state index contributed by atoms with van der Waals surface area (Å²) in [6.45, 7) is 3.70. The number of fused-ring (bicyclic) bond motifs is 1. The van der Waals surface area contributed by atoms with Crippen LogP contribution in [0.5, 0.6) is 0 Å². The maximum absolute atomic E-state index is 12.7. The fourth-order valence-electron chi connectivity index (χ4n) is 4.05. The van der Waals surface area contributed by atoms with Crippen LogP contribution >= 0.6 is 11.8 Å². The van der Waals surface area contributed by atoms with Crippen LogP contribution < -0.4 is 9.88 Å². The number of nitrogens with one attached hydrogen (secondary N) is 1. The summed E-state index contributed by atoms with van der Waals surface area (Å²) in [6.07, 6.45) is 1.19. The molecule has 2 aromatic carbocycles. The molecule has 0 fully saturated rings. The first-order valence-electron chi connectivity index (χ1n) is 11.7. The largest absolute Gasteiger partial charge is 0.464 e. The van der Waals surface area contributed by atoms with Gasteiger partial charge < -0.3 is 19.9 Å². The number of hydrogen-bond donors (Lipinski definition) is 2. The molecule has 7 nitrogen and oxygen atoms in total. The van der Waals surface area contributed by atoms with Crippen molar-refractivity contribution in [2.24, 2.45) is 0 Å². The van der Waals surface area contributed by atoms with Gasteiger partial charge in [-0.05, 0) is 37.6 Å². The molecule has 186 valence electrons. The molecule has 0 bridgehead atoms. The molecule has 0 aliphatic carbocycles. The lowest BCUT2D eigenvalue weighted by Gasteiger charge is -2.20. The maximum Gasteiger partial charge on any atom is 0.408 e. The van der Waals surface area contributed by atoms with Crippen LogP contribution in [0.15, 0.2) is 90.0 Å². The first-order valence-corrected chi connectivity index (χ1v) is 12.7. The van der Waals surface area contributed by atoms with Gasteiger partial charge in [0.05, 0.1) is 11.5 Å². The van der Waals surface area contributed by atoms with E-state index in [1.807, 2.05) is 89.6 Å². The van der Waals surface area contributed by atoms with Gasteiger partial charge in [-0.3, -0.25) is 0 Å². The Balaban J connectivity index is 1.56. The number of hydrogen-bond acceptors (Lipinski definition) is 6. The molecular formula is C28H29N2O5S+. The van der Waals surface area contributed by atoms with Crippen LogP contribution in [0.3, 0.4) is 0 Å². The van der Waals surface area contributed by atoms with Crippen molar-refractivity contribution in [3.05, 3.63) is 107 Å². The molecule has 2 heterocycles. The fourth-order valence-corrected chi connectivity index (χ4v) is 5.34. The summed E-state index contributed by atoms with van der Waals surface area (Å²) in [5, 5.41) is 14.2. The Morgan fingerprint density at radius 2 is 1.67 bits per heavy atom. The number of carbonyl (C=O) groups is 2. The third-order valence-corrected chi connectivity index (χ3v) is 7.15. The Hall–Kier alpha value is -3.62. The zero-order chi connectivity index (χ0) is 25.5. The number of nitrogens with zero attached hydrogens (tertiary/aromatic N) is 1. The highest BCUT2D eigenvalue weighted by molar-refractivity contribution is 8.03. The number of aliphatic hydroxyl groups is 1. The molecule has 0 radical (unpaired) electrons. The van der Waals surface area contributed by atoms with E-state index in [0.717, 1.165) is 16.8 Å². The first kappa shape index (κ1) is 25.5. The smallest absolute Gasteiger partial charge is 0.408 e. The highest BCUT2D eigenvalue weighted by Crippen LogP contribution is 2.44. The van der Waals surface area contributed by atoms with Gasteiger partial charge in [0.1, 0.15) is 12.6 Å². The molecule has 2 N–H and O–H groups in total. The summed E-state index contributed by atoms with van der Waals surface area (Å²) in [4.78, 5) is 25.9. The summed E-state index contributed by atoms with van der Waals surface area (Å²) < 4.78 is 12.5. The summed E-state index contributed by atoms with van der Waals surface area (Å²) in [5.74, 6) is -0.415. The Kier molecular flexibility index (Phi) is 8.07. The van der Waals surface area contributed by atoms with E-state index in [4.69, 9.17) is 9.47 Å². The van der Waals surface area contributed by atoms with Crippen molar-refractivity contribution >= 4 is 29.5 Å². The van der Waals surface area contributed by atoms with Gasteiger partial charge in [-0.2, -0.15) is 4.57 Å². The van der Waals surface area contributed by atoms with Crippen LogP contribution in [0.4, 0.5) is 4.79 Å². The van der Waals surface area contributed by atoms with Crippen LogP contribution in [0, 0.1) is 0 Å². The Morgan fingerprint density at radius 3 is 2.36 bits per heavy atom. The number of pyridine rings is 1. The summed E-state index contributed by atoms with van der Waals surface area (Å²) >= 11 is 1.31. The molecule has 1 amide bonds. The molecule has 0 saturated heterocycles. The standard InChI is InChI=1S/C28H28N2O5S/c1-3-34-26(31)22(29-27(32)35-18-20-12-6-4-7-13-20)19-36-25-24(21-14-8-5-9-15-21)30-17-11-10-16-23(30)28(25,2)33/h4-17,22,33H,3,18-19H2,1-2H3/p+1/t22-,28?/m0/s1. The second-order valence-electron chi connectivity index (χ2n) is 8.39. The average Bonchev–Trinajstić information content (AvgIpc) is 3.12. The van der Waals surface area contributed by atoms with Crippen molar-refractivity contribution in [2.75, 3.05) is 12.4 Å². The minimum Gasteiger partial charge on any atom is -0.464 e. The highest BCUT2D eigenvalue weighted by atomic mass is 32.2. The van der Waals surface area contributed by atoms with Gasteiger partial charge in [-0.25, -0.2) is 9.59 Å². The molecule has 4 rings (SSSR count). The van der Waals surface area contributed by atoms with Crippen molar-refractivity contribution in [3.8, 4) is 0 Å². The Morgan fingerprint density at radius 1 is 1.00 bits per heavy atom. The quantitative estimate of drug-likeness (QED) is 0.338. The van der Waals surface area contributed by atoms with Crippen LogP contribution in [0.2, 0.25) is 0 Å². The van der Waals surface area contributed by atoms with Crippen molar-refractivity contribution in [1.82, 2.24) is 5.32 Å². The summed E-state index contributed by atoms with van der Waals surface area (Å²) in [5.41, 5.74) is 2.02. The SMILES string of the molecule is CCOC(=O)[C@H](CSC1=C(c2ccccc2)[n+]2ccccc2C1(C)O)NC(=O)OCc1ccccc1. The highest BCUT2D eigenvalue weighted by Gasteiger charge is 2.49. The van der Waals surface area contributed by atoms with Gasteiger partial charge in [-0.15, -0.1) is 11.8 Å². The second-order valence-corrected chi connectivity index (χ2v) is 9.42. The fraction of sp³-hybridized carbons (Fsp3) is 0.250. The Bertz CT molecular complexity index is 1250. The van der Waals surface area contributed by atoms with E-state index in [2.05, 4.69) is 5.32 Å². The van der Waals surface area contributed by atoms with Crippen molar-refractivity contribution in [2.45, 2.75) is 32.1 Å². The van der Waals surface area contributed by atoms with Gasteiger partial charge in [0, 0.05) is 23.4 Å². The number of carbonyl (C=O) groups excluding carboxylic acids is 2. The van der Waals surface area contributed by atoms with Gasteiger partial charge in [-0.1, -0.05) is 48.5 Å². The molecule has 0 saturated carbocycles. The monoisotopic (exact) mass is 505 g/mol. The van der Waals surface area contributed by atoms with Crippen LogP contribution in [-0.2, 0) is 26.5 Å². The van der Waals surface area contributed by atoms with E-state index in [9.17, 15) is 14.7 Å². The van der Waals surface area contributed by atoms with E-state index in [1.54, 1.807) is 13.8 Å². The van der Waals surface area contributed by atoms with E-state index in [1.165, 1.54) is 11.8 Å². The number of alkyl carbamates (subject to hydrolysis) is 1. The van der Waals surface area contributed by atoms with Crippen LogP contribution in [0.1, 0.15) is 30.7 Å². The molecule has 1 aromatic heterocycles. The van der Waals surface area contributed by atoms with Crippen LogP contribution in [0.25, 0.3) is 5.70 Å². The van der Waals surface area contributed by atoms with Crippen molar-refractivity contribution in [1.29, 1.82) is 0 Å². The molecule has 2 atom stereocenters. The molecule has 3 aromatic rings. The third kappa shape index (κ3) is 5.61. The second kappa shape index (κ2) is 11.4. The molecule has 0 spiro atoms. The summed E-state index contributed by atoms with van der Waals surface area (Å²) in [7, 11) is 0. The normalized spacial score (nSPS) is 17.3. The van der Waals surface area contributed by atoms with Crippen molar-refractivity contribution in [3.63, 3.8) is 0 Å². The predicted octanol–water partition coefficient (Wildman–Crippen LogP) is 4.00. The first-order chi connectivity index (χ1) is 17.4. The van der Waals surface area contributed by atoms with Gasteiger partial charge >= 0.3 is 12.1 Å². The van der Waals surface area contributed by atoms with E-state index in [-0.39, 0.29) is 19.0 Å². The van der Waals surface area contributed by atoms with E-state index < -0.39 is 23.7 Å². The molecule has 1 aliphatic rings. The van der Waals surface area contributed by atoms with E-state index in [0.29, 0.717) is 10.6 Å². The summed E-state index contributed by atoms with van der Waals surface area (Å²) in [6, 6.07) is 23.7. The Labute approximate surface area is 214 Å². The zero-order valence-electron chi connectivity index (χ0n) is 20.2. The van der Waals surface area contributed by atoms with Crippen LogP contribution in [-0.4, -0.2) is 35.6 Å². The number of thioether (sulfide) groups is 1. The molecule has 1 unspecified atom stereocenters. The number of rotatable bonds is 9. The average molecular weight is 506 g/mol. The zero-order valence-corrected chi connectivity index (χ0v) is 21.0. The molecular weight excluding hydrogens is 476 g/mol. The van der Waals surface area contributed by atoms with Gasteiger partial charge in [0.2, 0.25) is 11.4 Å². The van der Waals surface area contributed by atoms with E-state index >= 15 is 0 Å². The number of aromatic nitrogens is 1. The lowest BCUT2D eigenvalue weighted by molar-refractivity contribution is -0.588. The lowest BCUT2D eigenvalue weighted by atomic mass is 10.0. The predicted molar refractivity (Wildman–Crippen MR) is 138 cm³/mol. The topological polar surface area (TPSA) is 88.7 Å². The molecule has 36 heavy (non-hydrogen) atoms. The third-order valence-electron chi connectivity index (χ3n) is 5.77. The number of benzene rings is 2. The molecule has 8 heteroatoms. The number of ether oxygens (including phenoxy) is 2. The minimum atomic E-state index is -1.29.